The lowest BCUT2D eigenvalue weighted by molar-refractivity contribution is -0.111. The van der Waals surface area contributed by atoms with Gasteiger partial charge in [0.05, 0.1) is 12.6 Å². The van der Waals surface area contributed by atoms with Crippen LogP contribution in [0.15, 0.2) is 0 Å². The number of carbonyl (C=O) groups is 2. The molecule has 1 aliphatic heterocycles. The maximum atomic E-state index is 11.8. The summed E-state index contributed by atoms with van der Waals surface area (Å²) in [4.78, 5) is 21.8. The summed E-state index contributed by atoms with van der Waals surface area (Å²) in [6.07, 6.45) is 1.52. The van der Waals surface area contributed by atoms with Crippen LogP contribution in [0, 0.1) is 0 Å². The minimum Gasteiger partial charge on any atom is -0.449 e. The second-order valence-corrected chi connectivity index (χ2v) is 5.26. The van der Waals surface area contributed by atoms with Gasteiger partial charge in [0.25, 0.3) is 0 Å². The SMILES string of the molecule is CCOC(=O)NS(=O)(=O)N1CCCCC1C=O. The van der Waals surface area contributed by atoms with Crippen molar-refractivity contribution in [3.63, 3.8) is 0 Å². The molecule has 1 amide bonds. The highest BCUT2D eigenvalue weighted by Gasteiger charge is 2.33. The zero-order valence-corrected chi connectivity index (χ0v) is 10.4. The van der Waals surface area contributed by atoms with E-state index in [4.69, 9.17) is 0 Å². The molecule has 0 aliphatic carbocycles. The van der Waals surface area contributed by atoms with Crippen molar-refractivity contribution < 1.29 is 22.7 Å². The van der Waals surface area contributed by atoms with E-state index in [1.165, 1.54) is 0 Å². The third-order valence-corrected chi connectivity index (χ3v) is 3.95. The number of piperidine rings is 1. The fourth-order valence-electron chi connectivity index (χ4n) is 1.69. The average Bonchev–Trinajstić information content (AvgIpc) is 2.28. The highest BCUT2D eigenvalue weighted by Crippen LogP contribution is 2.18. The third kappa shape index (κ3) is 3.67. The number of rotatable bonds is 4. The predicted molar refractivity (Wildman–Crippen MR) is 59.5 cm³/mol. The van der Waals surface area contributed by atoms with Gasteiger partial charge in [0.15, 0.2) is 0 Å². The molecule has 1 aliphatic rings. The molecule has 17 heavy (non-hydrogen) atoms. The van der Waals surface area contributed by atoms with Crippen molar-refractivity contribution in [1.82, 2.24) is 9.03 Å². The molecular formula is C9H16N2O5S. The van der Waals surface area contributed by atoms with Gasteiger partial charge in [-0.1, -0.05) is 6.42 Å². The number of ether oxygens (including phenoxy) is 1. The lowest BCUT2D eigenvalue weighted by Gasteiger charge is -2.30. The molecule has 1 heterocycles. The first-order chi connectivity index (χ1) is 8.01. The Hall–Kier alpha value is -1.15. The van der Waals surface area contributed by atoms with Crippen LogP contribution in [0.25, 0.3) is 0 Å². The first kappa shape index (κ1) is 13.9. The van der Waals surface area contributed by atoms with Crippen LogP contribution < -0.4 is 4.72 Å². The molecule has 0 radical (unpaired) electrons. The van der Waals surface area contributed by atoms with Crippen LogP contribution in [0.2, 0.25) is 0 Å². The van der Waals surface area contributed by atoms with E-state index in [0.29, 0.717) is 19.1 Å². The Balaban J connectivity index is 2.74. The van der Waals surface area contributed by atoms with Gasteiger partial charge in [-0.15, -0.1) is 0 Å². The number of hydrogen-bond donors (Lipinski definition) is 1. The summed E-state index contributed by atoms with van der Waals surface area (Å²) in [7, 11) is -3.99. The summed E-state index contributed by atoms with van der Waals surface area (Å²) in [6.45, 7) is 1.89. The van der Waals surface area contributed by atoms with Crippen LogP contribution in [0.1, 0.15) is 26.2 Å². The molecule has 7 nitrogen and oxygen atoms in total. The zero-order chi connectivity index (χ0) is 12.9. The molecule has 0 aromatic heterocycles. The summed E-state index contributed by atoms with van der Waals surface area (Å²) in [5.74, 6) is 0. The molecular weight excluding hydrogens is 248 g/mol. The highest BCUT2D eigenvalue weighted by molar-refractivity contribution is 7.87. The number of carbonyl (C=O) groups excluding carboxylic acids is 2. The number of amides is 1. The molecule has 0 aromatic rings. The third-order valence-electron chi connectivity index (χ3n) is 2.45. The quantitative estimate of drug-likeness (QED) is 0.723. The second-order valence-electron chi connectivity index (χ2n) is 3.64. The van der Waals surface area contributed by atoms with Gasteiger partial charge in [0.1, 0.15) is 6.29 Å². The van der Waals surface area contributed by atoms with Crippen molar-refractivity contribution in [2.75, 3.05) is 13.2 Å². The van der Waals surface area contributed by atoms with Crippen molar-refractivity contribution in [1.29, 1.82) is 0 Å². The molecule has 0 saturated carbocycles. The summed E-state index contributed by atoms with van der Waals surface area (Å²) in [5.41, 5.74) is 0. The summed E-state index contributed by atoms with van der Waals surface area (Å²) >= 11 is 0. The van der Waals surface area contributed by atoms with Gasteiger partial charge in [-0.3, -0.25) is 0 Å². The van der Waals surface area contributed by atoms with Gasteiger partial charge in [0.2, 0.25) is 0 Å². The largest absolute Gasteiger partial charge is 0.449 e. The molecule has 1 unspecified atom stereocenters. The van der Waals surface area contributed by atoms with Crippen LogP contribution >= 0.6 is 0 Å². The van der Waals surface area contributed by atoms with Gasteiger partial charge in [-0.25, -0.2) is 9.52 Å². The van der Waals surface area contributed by atoms with Crippen molar-refractivity contribution in [3.05, 3.63) is 0 Å². The fourth-order valence-corrected chi connectivity index (χ4v) is 2.96. The van der Waals surface area contributed by atoms with Crippen molar-refractivity contribution >= 4 is 22.6 Å². The maximum absolute atomic E-state index is 11.8. The lowest BCUT2D eigenvalue weighted by atomic mass is 10.1. The molecule has 1 atom stereocenters. The lowest BCUT2D eigenvalue weighted by Crippen LogP contribution is -2.51. The van der Waals surface area contributed by atoms with E-state index in [1.807, 2.05) is 0 Å². The topological polar surface area (TPSA) is 92.8 Å². The number of nitrogens with zero attached hydrogens (tertiary/aromatic N) is 1. The predicted octanol–water partition coefficient (Wildman–Crippen LogP) is 0.0307. The molecule has 1 fully saturated rings. The van der Waals surface area contributed by atoms with Crippen molar-refractivity contribution in [2.45, 2.75) is 32.2 Å². The fraction of sp³-hybridized carbons (Fsp3) is 0.778. The zero-order valence-electron chi connectivity index (χ0n) is 9.59. The molecule has 0 bridgehead atoms. The minimum atomic E-state index is -3.99. The summed E-state index contributed by atoms with van der Waals surface area (Å²) < 4.78 is 30.9. The van der Waals surface area contributed by atoms with E-state index >= 15 is 0 Å². The van der Waals surface area contributed by atoms with Crippen LogP contribution in [0.4, 0.5) is 4.79 Å². The van der Waals surface area contributed by atoms with Gasteiger partial charge >= 0.3 is 16.3 Å². The first-order valence-corrected chi connectivity index (χ1v) is 6.87. The Morgan fingerprint density at radius 1 is 1.53 bits per heavy atom. The van der Waals surface area contributed by atoms with E-state index in [2.05, 4.69) is 4.74 Å². The van der Waals surface area contributed by atoms with Gasteiger partial charge in [-0.05, 0) is 19.8 Å². The van der Waals surface area contributed by atoms with Gasteiger partial charge in [0, 0.05) is 6.54 Å². The van der Waals surface area contributed by atoms with Crippen molar-refractivity contribution in [3.8, 4) is 0 Å². The molecule has 1 rings (SSSR count). The van der Waals surface area contributed by atoms with Gasteiger partial charge < -0.3 is 9.53 Å². The second kappa shape index (κ2) is 5.97. The van der Waals surface area contributed by atoms with E-state index in [1.54, 1.807) is 11.6 Å². The van der Waals surface area contributed by atoms with Crippen LogP contribution in [-0.2, 0) is 19.7 Å². The molecule has 1 N–H and O–H groups in total. The smallest absolute Gasteiger partial charge is 0.421 e. The normalized spacial score (nSPS) is 21.8. The summed E-state index contributed by atoms with van der Waals surface area (Å²) in [5, 5.41) is 0. The van der Waals surface area contributed by atoms with Crippen LogP contribution in [0.3, 0.4) is 0 Å². The molecule has 0 aromatic carbocycles. The number of aldehydes is 1. The Morgan fingerprint density at radius 2 is 2.24 bits per heavy atom. The van der Waals surface area contributed by atoms with Gasteiger partial charge in [-0.2, -0.15) is 12.7 Å². The van der Waals surface area contributed by atoms with E-state index in [0.717, 1.165) is 10.7 Å². The van der Waals surface area contributed by atoms with Crippen LogP contribution in [0.5, 0.6) is 0 Å². The highest BCUT2D eigenvalue weighted by atomic mass is 32.2. The standard InChI is InChI=1S/C9H16N2O5S/c1-2-16-9(13)10-17(14,15)11-6-4-3-5-8(11)7-12/h7-8H,2-6H2,1H3,(H,10,13). The first-order valence-electron chi connectivity index (χ1n) is 5.43. The van der Waals surface area contributed by atoms with Crippen LogP contribution in [-0.4, -0.2) is 44.3 Å². The average molecular weight is 264 g/mol. The Labute approximate surface area is 100 Å². The Morgan fingerprint density at radius 3 is 2.82 bits per heavy atom. The molecule has 8 heteroatoms. The van der Waals surface area contributed by atoms with E-state index < -0.39 is 22.3 Å². The molecule has 0 spiro atoms. The molecule has 98 valence electrons. The minimum absolute atomic E-state index is 0.0818. The monoisotopic (exact) mass is 264 g/mol. The maximum Gasteiger partial charge on any atom is 0.421 e. The number of nitrogens with one attached hydrogen (secondary N) is 1. The molecule has 1 saturated heterocycles. The Kier molecular flexibility index (Phi) is 4.88. The number of hydrogen-bond acceptors (Lipinski definition) is 5. The van der Waals surface area contributed by atoms with E-state index in [-0.39, 0.29) is 13.2 Å². The Bertz CT molecular complexity index is 381. The van der Waals surface area contributed by atoms with E-state index in [9.17, 15) is 18.0 Å². The summed E-state index contributed by atoms with van der Waals surface area (Å²) in [6, 6.07) is -0.698. The van der Waals surface area contributed by atoms with Crippen molar-refractivity contribution in [2.24, 2.45) is 0 Å².